The SMILES string of the molecule is NC1=NC(=O)NC1c1cc(F)cc(F)c1. The van der Waals surface area contributed by atoms with Crippen LogP contribution in [0.2, 0.25) is 0 Å². The number of halogens is 2. The molecule has 1 unspecified atom stereocenters. The Morgan fingerprint density at radius 1 is 1.27 bits per heavy atom. The highest BCUT2D eigenvalue weighted by atomic mass is 19.1. The third-order valence-corrected chi connectivity index (χ3v) is 2.01. The van der Waals surface area contributed by atoms with Crippen LogP contribution in [0.5, 0.6) is 0 Å². The Morgan fingerprint density at radius 2 is 1.87 bits per heavy atom. The summed E-state index contributed by atoms with van der Waals surface area (Å²) in [5.41, 5.74) is 5.66. The van der Waals surface area contributed by atoms with Gasteiger partial charge in [-0.15, -0.1) is 0 Å². The van der Waals surface area contributed by atoms with Crippen LogP contribution < -0.4 is 11.1 Å². The van der Waals surface area contributed by atoms with Crippen LogP contribution in [0.1, 0.15) is 11.6 Å². The molecule has 2 amide bonds. The van der Waals surface area contributed by atoms with Crippen LogP contribution in [-0.2, 0) is 0 Å². The lowest BCUT2D eigenvalue weighted by Crippen LogP contribution is -2.28. The highest BCUT2D eigenvalue weighted by Crippen LogP contribution is 2.19. The molecule has 0 bridgehead atoms. The monoisotopic (exact) mass is 211 g/mol. The van der Waals surface area contributed by atoms with Gasteiger partial charge in [-0.05, 0) is 17.7 Å². The van der Waals surface area contributed by atoms with Gasteiger partial charge in [0.25, 0.3) is 0 Å². The number of amidine groups is 1. The second-order valence-electron chi connectivity index (χ2n) is 3.12. The van der Waals surface area contributed by atoms with Crippen molar-refractivity contribution < 1.29 is 13.6 Å². The summed E-state index contributed by atoms with van der Waals surface area (Å²) >= 11 is 0. The highest BCUT2D eigenvalue weighted by Gasteiger charge is 2.25. The van der Waals surface area contributed by atoms with E-state index in [0.29, 0.717) is 0 Å². The minimum Gasteiger partial charge on any atom is -0.385 e. The molecule has 2 rings (SSSR count). The molecule has 0 saturated carbocycles. The summed E-state index contributed by atoms with van der Waals surface area (Å²) < 4.78 is 25.7. The molecule has 4 nitrogen and oxygen atoms in total. The van der Waals surface area contributed by atoms with Gasteiger partial charge < -0.3 is 11.1 Å². The van der Waals surface area contributed by atoms with Gasteiger partial charge in [0.05, 0.1) is 0 Å². The molecule has 0 aliphatic carbocycles. The fourth-order valence-corrected chi connectivity index (χ4v) is 1.41. The van der Waals surface area contributed by atoms with E-state index in [1.54, 1.807) is 0 Å². The van der Waals surface area contributed by atoms with Gasteiger partial charge in [-0.2, -0.15) is 4.99 Å². The number of carbonyl (C=O) groups excluding carboxylic acids is 1. The van der Waals surface area contributed by atoms with E-state index in [1.165, 1.54) is 0 Å². The Balaban J connectivity index is 2.39. The number of amides is 2. The molecule has 1 atom stereocenters. The second-order valence-corrected chi connectivity index (χ2v) is 3.12. The van der Waals surface area contributed by atoms with Crippen LogP contribution in [-0.4, -0.2) is 11.9 Å². The molecule has 1 aliphatic heterocycles. The van der Waals surface area contributed by atoms with Gasteiger partial charge in [-0.1, -0.05) is 0 Å². The number of nitrogens with two attached hydrogens (primary N) is 1. The van der Waals surface area contributed by atoms with Gasteiger partial charge in [0.2, 0.25) is 0 Å². The first-order chi connectivity index (χ1) is 7.06. The fourth-order valence-electron chi connectivity index (χ4n) is 1.41. The molecule has 6 heteroatoms. The number of rotatable bonds is 1. The van der Waals surface area contributed by atoms with Crippen molar-refractivity contribution in [1.82, 2.24) is 5.32 Å². The molecule has 0 fully saturated rings. The van der Waals surface area contributed by atoms with Crippen molar-refractivity contribution in [3.63, 3.8) is 0 Å². The van der Waals surface area contributed by atoms with E-state index in [-0.39, 0.29) is 11.4 Å². The molecule has 1 heterocycles. The predicted molar refractivity (Wildman–Crippen MR) is 49.3 cm³/mol. The number of hydrogen-bond donors (Lipinski definition) is 2. The predicted octanol–water partition coefficient (Wildman–Crippen LogP) is 1.09. The number of benzene rings is 1. The Morgan fingerprint density at radius 3 is 2.33 bits per heavy atom. The third kappa shape index (κ3) is 1.78. The van der Waals surface area contributed by atoms with E-state index in [9.17, 15) is 13.6 Å². The highest BCUT2D eigenvalue weighted by molar-refractivity contribution is 6.03. The molecule has 78 valence electrons. The van der Waals surface area contributed by atoms with Crippen LogP contribution in [0.25, 0.3) is 0 Å². The molecule has 0 radical (unpaired) electrons. The average Bonchev–Trinajstić information content (AvgIpc) is 2.43. The fraction of sp³-hybridized carbons (Fsp3) is 0.111. The summed E-state index contributed by atoms with van der Waals surface area (Å²) in [5, 5.41) is 2.37. The molecule has 1 aliphatic rings. The summed E-state index contributed by atoms with van der Waals surface area (Å²) in [6.45, 7) is 0. The zero-order valence-electron chi connectivity index (χ0n) is 7.50. The van der Waals surface area contributed by atoms with Crippen molar-refractivity contribution in [3.05, 3.63) is 35.4 Å². The first-order valence-electron chi connectivity index (χ1n) is 4.17. The van der Waals surface area contributed by atoms with Gasteiger partial charge >= 0.3 is 6.03 Å². The van der Waals surface area contributed by atoms with E-state index in [1.807, 2.05) is 0 Å². The van der Waals surface area contributed by atoms with Crippen LogP contribution in [0, 0.1) is 11.6 Å². The summed E-state index contributed by atoms with van der Waals surface area (Å²) in [6.07, 6.45) is 0. The zero-order chi connectivity index (χ0) is 11.0. The van der Waals surface area contributed by atoms with Gasteiger partial charge in [-0.25, -0.2) is 13.6 Å². The van der Waals surface area contributed by atoms with E-state index in [2.05, 4.69) is 10.3 Å². The van der Waals surface area contributed by atoms with Crippen molar-refractivity contribution in [2.24, 2.45) is 10.7 Å². The number of nitrogens with zero attached hydrogens (tertiary/aromatic N) is 1. The minimum absolute atomic E-state index is 0.00463. The zero-order valence-corrected chi connectivity index (χ0v) is 7.50. The van der Waals surface area contributed by atoms with E-state index in [4.69, 9.17) is 5.73 Å². The summed E-state index contributed by atoms with van der Waals surface area (Å²) in [7, 11) is 0. The van der Waals surface area contributed by atoms with Crippen molar-refractivity contribution in [3.8, 4) is 0 Å². The van der Waals surface area contributed by atoms with Crippen molar-refractivity contribution in [1.29, 1.82) is 0 Å². The molecule has 0 spiro atoms. The Hall–Kier alpha value is -1.98. The molecule has 15 heavy (non-hydrogen) atoms. The van der Waals surface area contributed by atoms with Gasteiger partial charge in [0.15, 0.2) is 0 Å². The van der Waals surface area contributed by atoms with E-state index >= 15 is 0 Å². The lowest BCUT2D eigenvalue weighted by Gasteiger charge is -2.10. The molecular formula is C9H7F2N3O. The summed E-state index contributed by atoms with van der Waals surface area (Å²) in [5.74, 6) is -1.44. The number of carbonyl (C=O) groups is 1. The van der Waals surface area contributed by atoms with E-state index in [0.717, 1.165) is 18.2 Å². The first-order valence-corrected chi connectivity index (χ1v) is 4.17. The van der Waals surface area contributed by atoms with Gasteiger partial charge in [0.1, 0.15) is 23.5 Å². The van der Waals surface area contributed by atoms with Crippen LogP contribution in [0.15, 0.2) is 23.2 Å². The number of urea groups is 1. The molecule has 0 saturated heterocycles. The molecule has 3 N–H and O–H groups in total. The Kier molecular flexibility index (Phi) is 2.11. The maximum absolute atomic E-state index is 12.9. The number of nitrogens with one attached hydrogen (secondary N) is 1. The topological polar surface area (TPSA) is 67.5 Å². The Labute approximate surface area is 83.8 Å². The van der Waals surface area contributed by atoms with Crippen LogP contribution in [0.3, 0.4) is 0 Å². The molecular weight excluding hydrogens is 204 g/mol. The Bertz CT molecular complexity index is 438. The van der Waals surface area contributed by atoms with Gasteiger partial charge in [0, 0.05) is 6.07 Å². The third-order valence-electron chi connectivity index (χ3n) is 2.01. The van der Waals surface area contributed by atoms with Gasteiger partial charge in [-0.3, -0.25) is 0 Å². The maximum atomic E-state index is 12.9. The summed E-state index contributed by atoms with van der Waals surface area (Å²) in [6, 6.07) is 1.58. The molecule has 0 aromatic heterocycles. The standard InChI is InChI=1S/C9H7F2N3O/c10-5-1-4(2-6(11)3-5)7-8(12)14-9(15)13-7/h1-3,7H,(H3,12,13,14,15). The summed E-state index contributed by atoms with van der Waals surface area (Å²) in [4.78, 5) is 14.2. The second kappa shape index (κ2) is 3.30. The lowest BCUT2D eigenvalue weighted by atomic mass is 10.1. The van der Waals surface area contributed by atoms with Crippen LogP contribution in [0.4, 0.5) is 13.6 Å². The number of aliphatic imine (C=N–C) groups is 1. The van der Waals surface area contributed by atoms with Crippen molar-refractivity contribution >= 4 is 11.9 Å². The lowest BCUT2D eigenvalue weighted by molar-refractivity contribution is 0.250. The smallest absolute Gasteiger partial charge is 0.343 e. The maximum Gasteiger partial charge on any atom is 0.343 e. The van der Waals surface area contributed by atoms with Crippen molar-refractivity contribution in [2.45, 2.75) is 6.04 Å². The van der Waals surface area contributed by atoms with E-state index < -0.39 is 23.7 Å². The quantitative estimate of drug-likeness (QED) is 0.730. The minimum atomic E-state index is -0.747. The first kappa shape index (κ1) is 9.57. The van der Waals surface area contributed by atoms with Crippen molar-refractivity contribution in [2.75, 3.05) is 0 Å². The average molecular weight is 211 g/mol. The van der Waals surface area contributed by atoms with Crippen LogP contribution >= 0.6 is 0 Å². The molecule has 1 aromatic carbocycles. The number of hydrogen-bond acceptors (Lipinski definition) is 2. The molecule has 1 aromatic rings. The largest absolute Gasteiger partial charge is 0.385 e. The normalized spacial score (nSPS) is 20.0.